The molecule has 1 heterocycles. The van der Waals surface area contributed by atoms with Gasteiger partial charge in [-0.2, -0.15) is 0 Å². The second-order valence-corrected chi connectivity index (χ2v) is 9.09. The SMILES string of the molecule is O=C(O)C(F)c1cc(Br)c(Oc2ccc3[nH]cc(Cc4ccc(Cl)cc4)c3c2)c(Br)c1. The monoisotopic (exact) mass is 565 g/mol. The number of alkyl halides is 1. The number of carboxylic acid groups (broad SMARTS) is 1. The van der Waals surface area contributed by atoms with Crippen LogP contribution in [0.2, 0.25) is 5.02 Å². The molecule has 0 aliphatic heterocycles. The quantitative estimate of drug-likeness (QED) is 0.250. The molecule has 0 bridgehead atoms. The average Bonchev–Trinajstić information content (AvgIpc) is 3.13. The molecule has 4 rings (SSSR count). The molecular formula is C23H15Br2ClFNO3. The smallest absolute Gasteiger partial charge is 0.343 e. The van der Waals surface area contributed by atoms with Crippen molar-refractivity contribution >= 4 is 60.3 Å². The molecule has 1 unspecified atom stereocenters. The van der Waals surface area contributed by atoms with E-state index in [2.05, 4.69) is 36.8 Å². The van der Waals surface area contributed by atoms with Crippen molar-refractivity contribution in [3.63, 3.8) is 0 Å². The van der Waals surface area contributed by atoms with E-state index in [0.29, 0.717) is 25.5 Å². The summed E-state index contributed by atoms with van der Waals surface area (Å²) >= 11 is 12.7. The number of aromatic nitrogens is 1. The highest BCUT2D eigenvalue weighted by molar-refractivity contribution is 9.11. The Labute approximate surface area is 199 Å². The molecule has 0 fully saturated rings. The first kappa shape index (κ1) is 21.9. The molecule has 31 heavy (non-hydrogen) atoms. The van der Waals surface area contributed by atoms with E-state index in [0.717, 1.165) is 28.5 Å². The van der Waals surface area contributed by atoms with E-state index in [1.165, 1.54) is 12.1 Å². The lowest BCUT2D eigenvalue weighted by Gasteiger charge is -2.13. The summed E-state index contributed by atoms with van der Waals surface area (Å²) in [5, 5.41) is 10.6. The Morgan fingerprint density at radius 2 is 1.77 bits per heavy atom. The van der Waals surface area contributed by atoms with Crippen LogP contribution >= 0.6 is 43.5 Å². The average molecular weight is 568 g/mol. The van der Waals surface area contributed by atoms with Crippen LogP contribution < -0.4 is 4.74 Å². The van der Waals surface area contributed by atoms with Crippen molar-refractivity contribution in [2.75, 3.05) is 0 Å². The zero-order chi connectivity index (χ0) is 22.1. The van der Waals surface area contributed by atoms with E-state index in [-0.39, 0.29) is 5.56 Å². The van der Waals surface area contributed by atoms with Crippen LogP contribution in [0.25, 0.3) is 10.9 Å². The van der Waals surface area contributed by atoms with E-state index < -0.39 is 12.1 Å². The molecule has 4 aromatic rings. The van der Waals surface area contributed by atoms with Gasteiger partial charge in [-0.25, -0.2) is 9.18 Å². The number of rotatable bonds is 6. The molecule has 0 aliphatic carbocycles. The molecule has 2 N–H and O–H groups in total. The number of benzene rings is 3. The lowest BCUT2D eigenvalue weighted by molar-refractivity contribution is -0.143. The number of H-pyrrole nitrogens is 1. The fourth-order valence-corrected chi connectivity index (χ4v) is 4.78. The van der Waals surface area contributed by atoms with Gasteiger partial charge in [0.15, 0.2) is 5.75 Å². The zero-order valence-electron chi connectivity index (χ0n) is 15.8. The maximum Gasteiger partial charge on any atom is 0.343 e. The van der Waals surface area contributed by atoms with Crippen molar-refractivity contribution in [3.8, 4) is 11.5 Å². The van der Waals surface area contributed by atoms with Gasteiger partial charge in [-0.1, -0.05) is 23.7 Å². The highest BCUT2D eigenvalue weighted by Gasteiger charge is 2.22. The van der Waals surface area contributed by atoms with Gasteiger partial charge in [0.05, 0.1) is 8.95 Å². The number of hydrogen-bond acceptors (Lipinski definition) is 2. The minimum absolute atomic E-state index is 0.0185. The maximum atomic E-state index is 13.9. The van der Waals surface area contributed by atoms with E-state index in [4.69, 9.17) is 21.4 Å². The first-order chi connectivity index (χ1) is 14.8. The van der Waals surface area contributed by atoms with Crippen molar-refractivity contribution < 1.29 is 19.0 Å². The second kappa shape index (κ2) is 9.02. The first-order valence-electron chi connectivity index (χ1n) is 9.20. The molecule has 158 valence electrons. The molecule has 1 atom stereocenters. The summed E-state index contributed by atoms with van der Waals surface area (Å²) in [5.41, 5.74) is 3.24. The van der Waals surface area contributed by atoms with Crippen molar-refractivity contribution in [1.29, 1.82) is 0 Å². The molecular weight excluding hydrogens is 553 g/mol. The lowest BCUT2D eigenvalue weighted by atomic mass is 10.0. The number of halogens is 4. The fourth-order valence-electron chi connectivity index (χ4n) is 3.27. The lowest BCUT2D eigenvalue weighted by Crippen LogP contribution is -2.06. The second-order valence-electron chi connectivity index (χ2n) is 6.94. The van der Waals surface area contributed by atoms with Gasteiger partial charge >= 0.3 is 5.97 Å². The predicted octanol–water partition coefficient (Wildman–Crippen LogP) is 7.82. The van der Waals surface area contributed by atoms with Gasteiger partial charge in [0.25, 0.3) is 0 Å². The normalized spacial score (nSPS) is 12.1. The van der Waals surface area contributed by atoms with Crippen molar-refractivity contribution in [1.82, 2.24) is 4.98 Å². The third kappa shape index (κ3) is 4.79. The molecule has 0 aliphatic rings. The molecule has 3 aromatic carbocycles. The van der Waals surface area contributed by atoms with Crippen molar-refractivity contribution in [2.24, 2.45) is 0 Å². The van der Waals surface area contributed by atoms with Crippen molar-refractivity contribution in [3.05, 3.63) is 91.5 Å². The summed E-state index contributed by atoms with van der Waals surface area (Å²) in [5.74, 6) is -0.525. The molecule has 0 radical (unpaired) electrons. The number of fused-ring (bicyclic) bond motifs is 1. The summed E-state index contributed by atoms with van der Waals surface area (Å²) in [6.07, 6.45) is 0.584. The van der Waals surface area contributed by atoms with Crippen LogP contribution in [0.15, 0.2) is 69.7 Å². The minimum Gasteiger partial charge on any atom is -0.479 e. The van der Waals surface area contributed by atoms with Gasteiger partial charge in [0.1, 0.15) is 5.75 Å². The van der Waals surface area contributed by atoms with Crippen LogP contribution in [0.4, 0.5) is 4.39 Å². The van der Waals surface area contributed by atoms with Crippen LogP contribution in [0, 0.1) is 0 Å². The Morgan fingerprint density at radius 3 is 2.42 bits per heavy atom. The van der Waals surface area contributed by atoms with E-state index in [9.17, 15) is 9.18 Å². The Morgan fingerprint density at radius 1 is 1.10 bits per heavy atom. The summed E-state index contributed by atoms with van der Waals surface area (Å²) in [6, 6.07) is 16.2. The molecule has 0 saturated carbocycles. The van der Waals surface area contributed by atoms with Gasteiger partial charge in [0.2, 0.25) is 6.17 Å². The standard InChI is InChI=1S/C23H15Br2ClFNO3/c24-18-8-13(21(27)23(29)30)9-19(25)22(18)31-16-5-6-20-17(10-16)14(11-28-20)7-12-1-3-15(26)4-2-12/h1-6,8-11,21,28H,7H2,(H,29,30). The van der Waals surface area contributed by atoms with Gasteiger partial charge in [0, 0.05) is 22.1 Å². The van der Waals surface area contributed by atoms with E-state index >= 15 is 0 Å². The number of carbonyl (C=O) groups is 1. The molecule has 8 heteroatoms. The predicted molar refractivity (Wildman–Crippen MR) is 126 cm³/mol. The Balaban J connectivity index is 1.63. The molecule has 4 nitrogen and oxygen atoms in total. The highest BCUT2D eigenvalue weighted by atomic mass is 79.9. The Bertz CT molecular complexity index is 1250. The third-order valence-corrected chi connectivity index (χ3v) is 6.23. The third-order valence-electron chi connectivity index (χ3n) is 4.80. The first-order valence-corrected chi connectivity index (χ1v) is 11.2. The highest BCUT2D eigenvalue weighted by Crippen LogP contribution is 2.40. The maximum absolute atomic E-state index is 13.9. The largest absolute Gasteiger partial charge is 0.479 e. The van der Waals surface area contributed by atoms with Gasteiger partial charge < -0.3 is 14.8 Å². The number of nitrogens with one attached hydrogen (secondary N) is 1. The molecule has 0 spiro atoms. The zero-order valence-corrected chi connectivity index (χ0v) is 19.8. The summed E-state index contributed by atoms with van der Waals surface area (Å²) in [7, 11) is 0. The van der Waals surface area contributed by atoms with Crippen LogP contribution in [0.3, 0.4) is 0 Å². The fraction of sp³-hybridized carbons (Fsp3) is 0.0870. The van der Waals surface area contributed by atoms with Crippen LogP contribution in [-0.2, 0) is 11.2 Å². The van der Waals surface area contributed by atoms with E-state index in [1.807, 2.05) is 48.7 Å². The number of ether oxygens (including phenoxy) is 1. The van der Waals surface area contributed by atoms with Crippen molar-refractivity contribution in [2.45, 2.75) is 12.6 Å². The van der Waals surface area contributed by atoms with Crippen LogP contribution in [0.1, 0.15) is 22.9 Å². The number of aliphatic carboxylic acids is 1. The molecule has 1 aromatic heterocycles. The van der Waals surface area contributed by atoms with Crippen LogP contribution in [-0.4, -0.2) is 16.1 Å². The number of carboxylic acids is 1. The summed E-state index contributed by atoms with van der Waals surface area (Å²) in [4.78, 5) is 14.2. The van der Waals surface area contributed by atoms with Crippen LogP contribution in [0.5, 0.6) is 11.5 Å². The van der Waals surface area contributed by atoms with Gasteiger partial charge in [-0.3, -0.25) is 0 Å². The Kier molecular flexibility index (Phi) is 6.36. The topological polar surface area (TPSA) is 62.3 Å². The summed E-state index contributed by atoms with van der Waals surface area (Å²) < 4.78 is 20.8. The Hall–Kier alpha value is -2.35. The van der Waals surface area contributed by atoms with Gasteiger partial charge in [-0.05, 0) is 97.4 Å². The molecule has 0 amide bonds. The minimum atomic E-state index is -2.12. The summed E-state index contributed by atoms with van der Waals surface area (Å²) in [6.45, 7) is 0. The van der Waals surface area contributed by atoms with E-state index in [1.54, 1.807) is 0 Å². The number of aromatic amines is 1. The van der Waals surface area contributed by atoms with Gasteiger partial charge in [-0.15, -0.1) is 0 Å². The molecule has 0 saturated heterocycles. The number of hydrogen-bond donors (Lipinski definition) is 2.